The molecule has 0 fully saturated rings. The Bertz CT molecular complexity index is 1390. The van der Waals surface area contributed by atoms with Gasteiger partial charge < -0.3 is 31.4 Å². The number of benzene rings is 1. The number of allylic oxidation sites excluding steroid dienone is 3. The third kappa shape index (κ3) is 13.0. The number of pyridine rings is 2. The van der Waals surface area contributed by atoms with E-state index in [-0.39, 0.29) is 6.41 Å². The molecule has 0 bridgehead atoms. The number of anilines is 3. The zero-order valence-corrected chi connectivity index (χ0v) is 24.6. The lowest BCUT2D eigenvalue weighted by molar-refractivity contribution is -0.141. The first-order chi connectivity index (χ1) is 20.4. The number of hydrogen-bond donors (Lipinski definition) is 4. The summed E-state index contributed by atoms with van der Waals surface area (Å²) in [6.45, 7) is 4.41. The Morgan fingerprint density at radius 2 is 1.70 bits per heavy atom. The fraction of sp³-hybridized carbons (Fsp3) is 0.233. The third-order valence-electron chi connectivity index (χ3n) is 5.48. The third-order valence-corrected chi connectivity index (χ3v) is 5.48. The standard InChI is InChI=1S/C25H24F3N5O.C4H9NO.CH3NO/c1-16-4-5-20(33-21-6-7-23(32-14-21)25(26,27)28)12-22(16)19(13-30-15-34)10-17(2)18-8-9-31-24(11-18)29-3;1-5(2)3-4-6;2-1-3/h4-15,33H,1-3H3,(H,29,31)(H,30,34);4H,3H2,1-2H3;1H,(H2,2,3)/b17-10+,19-13+;;. The molecular weight excluding hydrogens is 563 g/mol. The predicted octanol–water partition coefficient (Wildman–Crippen LogP) is 4.63. The molecule has 0 radical (unpaired) electrons. The molecule has 5 N–H and O–H groups in total. The topological polar surface area (TPSA) is 142 Å². The number of aldehydes is 1. The molecule has 0 saturated heterocycles. The van der Waals surface area contributed by atoms with Crippen LogP contribution in [-0.2, 0) is 20.6 Å². The van der Waals surface area contributed by atoms with E-state index in [4.69, 9.17) is 4.79 Å². The molecule has 10 nitrogen and oxygen atoms in total. The van der Waals surface area contributed by atoms with Crippen molar-refractivity contribution in [1.29, 1.82) is 0 Å². The minimum Gasteiger partial charge on any atom is -0.373 e. The van der Waals surface area contributed by atoms with Gasteiger partial charge in [-0.05, 0) is 98.3 Å². The highest BCUT2D eigenvalue weighted by Gasteiger charge is 2.32. The molecule has 0 atom stereocenters. The Labute approximate surface area is 248 Å². The summed E-state index contributed by atoms with van der Waals surface area (Å²) in [4.78, 5) is 38.7. The lowest BCUT2D eigenvalue weighted by Crippen LogP contribution is -2.13. The number of primary amides is 1. The second-order valence-corrected chi connectivity index (χ2v) is 9.04. The van der Waals surface area contributed by atoms with Crippen LogP contribution >= 0.6 is 0 Å². The quantitative estimate of drug-likeness (QED) is 0.195. The van der Waals surface area contributed by atoms with E-state index in [0.29, 0.717) is 24.3 Å². The molecule has 2 amide bonds. The number of hydrogen-bond acceptors (Lipinski definition) is 8. The Morgan fingerprint density at radius 1 is 1.02 bits per heavy atom. The summed E-state index contributed by atoms with van der Waals surface area (Å²) in [6.07, 6.45) is 3.60. The number of aryl methyl sites for hydroxylation is 1. The maximum Gasteiger partial charge on any atom is 0.433 e. The largest absolute Gasteiger partial charge is 0.433 e. The van der Waals surface area contributed by atoms with E-state index >= 15 is 0 Å². The number of halogens is 3. The van der Waals surface area contributed by atoms with Gasteiger partial charge in [0.2, 0.25) is 12.8 Å². The van der Waals surface area contributed by atoms with Gasteiger partial charge >= 0.3 is 6.18 Å². The number of aromatic nitrogens is 2. The number of nitrogens with two attached hydrogens (primary N) is 1. The van der Waals surface area contributed by atoms with E-state index in [2.05, 4.69) is 31.7 Å². The van der Waals surface area contributed by atoms with Crippen molar-refractivity contribution < 1.29 is 27.6 Å². The SMILES string of the molecule is CN(C)CC=O.CNc1cc(/C(C)=C/C(=C\NC=O)c2cc(Nc3ccc(C(F)(F)F)nc3)ccc2C)ccn1.NC=O. The van der Waals surface area contributed by atoms with Gasteiger partial charge in [-0.3, -0.25) is 9.59 Å². The summed E-state index contributed by atoms with van der Waals surface area (Å²) in [7, 11) is 5.50. The lowest BCUT2D eigenvalue weighted by atomic mass is 9.97. The molecule has 0 saturated carbocycles. The van der Waals surface area contributed by atoms with Crippen molar-refractivity contribution in [2.45, 2.75) is 20.0 Å². The Balaban J connectivity index is 0.000000900. The van der Waals surface area contributed by atoms with Crippen molar-refractivity contribution in [3.05, 3.63) is 89.5 Å². The van der Waals surface area contributed by atoms with Gasteiger partial charge in [0.05, 0.1) is 18.4 Å². The van der Waals surface area contributed by atoms with Crippen molar-refractivity contribution in [2.24, 2.45) is 5.73 Å². The first kappa shape index (κ1) is 36.0. The van der Waals surface area contributed by atoms with Crippen LogP contribution in [0.15, 0.2) is 67.1 Å². The van der Waals surface area contributed by atoms with Gasteiger partial charge in [-0.25, -0.2) is 9.97 Å². The van der Waals surface area contributed by atoms with Crippen LogP contribution in [0.25, 0.3) is 11.1 Å². The Kier molecular flexibility index (Phi) is 15.4. The molecule has 2 aromatic heterocycles. The molecule has 0 unspecified atom stereocenters. The lowest BCUT2D eigenvalue weighted by Gasteiger charge is -2.14. The molecule has 1 aromatic carbocycles. The molecule has 230 valence electrons. The van der Waals surface area contributed by atoms with E-state index in [9.17, 15) is 22.8 Å². The van der Waals surface area contributed by atoms with Crippen molar-refractivity contribution >= 4 is 47.4 Å². The van der Waals surface area contributed by atoms with Gasteiger partial charge in [-0.15, -0.1) is 0 Å². The van der Waals surface area contributed by atoms with E-state index in [0.717, 1.165) is 52.2 Å². The van der Waals surface area contributed by atoms with Crippen molar-refractivity contribution in [1.82, 2.24) is 20.2 Å². The van der Waals surface area contributed by atoms with Gasteiger partial charge in [0, 0.05) is 25.1 Å². The Hall–Kier alpha value is -5.04. The van der Waals surface area contributed by atoms with Crippen LogP contribution in [0.2, 0.25) is 0 Å². The predicted molar refractivity (Wildman–Crippen MR) is 163 cm³/mol. The molecule has 3 rings (SSSR count). The van der Waals surface area contributed by atoms with Crippen molar-refractivity contribution in [2.75, 3.05) is 38.3 Å². The summed E-state index contributed by atoms with van der Waals surface area (Å²) in [6, 6.07) is 11.6. The molecule has 0 aliphatic carbocycles. The van der Waals surface area contributed by atoms with Gasteiger partial charge in [-0.2, -0.15) is 13.2 Å². The minimum absolute atomic E-state index is 0.250. The van der Waals surface area contributed by atoms with Crippen molar-refractivity contribution in [3.63, 3.8) is 0 Å². The number of rotatable bonds is 10. The van der Waals surface area contributed by atoms with Gasteiger partial charge in [-0.1, -0.05) is 6.07 Å². The summed E-state index contributed by atoms with van der Waals surface area (Å²) in [5.41, 5.74) is 8.73. The van der Waals surface area contributed by atoms with E-state index in [1.54, 1.807) is 19.4 Å². The zero-order chi connectivity index (χ0) is 32.4. The Morgan fingerprint density at radius 3 is 2.21 bits per heavy atom. The monoisotopic (exact) mass is 599 g/mol. The van der Waals surface area contributed by atoms with Gasteiger partial charge in [0.1, 0.15) is 17.8 Å². The highest BCUT2D eigenvalue weighted by atomic mass is 19.4. The zero-order valence-electron chi connectivity index (χ0n) is 24.6. The number of carbonyl (C=O) groups is 3. The fourth-order valence-electron chi connectivity index (χ4n) is 3.41. The second kappa shape index (κ2) is 18.4. The average Bonchev–Trinajstić information content (AvgIpc) is 2.97. The minimum atomic E-state index is -4.49. The summed E-state index contributed by atoms with van der Waals surface area (Å²) >= 11 is 0. The molecule has 3 aromatic rings. The average molecular weight is 600 g/mol. The first-order valence-corrected chi connectivity index (χ1v) is 12.8. The summed E-state index contributed by atoms with van der Waals surface area (Å²) in [5, 5.41) is 8.68. The maximum atomic E-state index is 12.8. The van der Waals surface area contributed by atoms with Crippen molar-refractivity contribution in [3.8, 4) is 0 Å². The van der Waals surface area contributed by atoms with Crippen LogP contribution in [0, 0.1) is 6.92 Å². The van der Waals surface area contributed by atoms with E-state index in [1.807, 2.05) is 69.3 Å². The number of carbonyl (C=O) groups excluding carboxylic acids is 3. The molecule has 0 aliphatic rings. The number of alkyl halides is 3. The van der Waals surface area contributed by atoms with Crippen LogP contribution in [0.4, 0.5) is 30.4 Å². The van der Waals surface area contributed by atoms with Crippen LogP contribution < -0.4 is 21.7 Å². The van der Waals surface area contributed by atoms with Crippen LogP contribution in [0.1, 0.15) is 29.3 Å². The van der Waals surface area contributed by atoms with Gasteiger partial charge in [0.25, 0.3) is 0 Å². The molecule has 13 heteroatoms. The molecule has 43 heavy (non-hydrogen) atoms. The van der Waals surface area contributed by atoms with Crippen LogP contribution in [0.3, 0.4) is 0 Å². The second-order valence-electron chi connectivity index (χ2n) is 9.04. The summed E-state index contributed by atoms with van der Waals surface area (Å²) < 4.78 is 38.3. The fourth-order valence-corrected chi connectivity index (χ4v) is 3.41. The maximum absolute atomic E-state index is 12.8. The van der Waals surface area contributed by atoms with Crippen LogP contribution in [-0.4, -0.2) is 61.7 Å². The highest BCUT2D eigenvalue weighted by Crippen LogP contribution is 2.30. The molecule has 0 spiro atoms. The van der Waals surface area contributed by atoms with E-state index in [1.165, 1.54) is 6.07 Å². The molecular formula is C30H36F3N7O3. The number of nitrogens with one attached hydrogen (secondary N) is 3. The number of amides is 2. The number of likely N-dealkylation sites (N-methyl/N-ethyl adjacent to an activating group) is 1. The summed E-state index contributed by atoms with van der Waals surface area (Å²) in [5.74, 6) is 0.731. The van der Waals surface area contributed by atoms with E-state index < -0.39 is 11.9 Å². The molecule has 2 heterocycles. The molecule has 0 aliphatic heterocycles. The van der Waals surface area contributed by atoms with Crippen LogP contribution in [0.5, 0.6) is 0 Å². The first-order valence-electron chi connectivity index (χ1n) is 12.8. The normalized spacial score (nSPS) is 11.3. The highest BCUT2D eigenvalue weighted by molar-refractivity contribution is 5.86. The number of nitrogens with zero attached hydrogens (tertiary/aromatic N) is 3. The smallest absolute Gasteiger partial charge is 0.373 e. The van der Waals surface area contributed by atoms with Gasteiger partial charge in [0.15, 0.2) is 0 Å².